The molecule has 0 aliphatic carbocycles. The highest BCUT2D eigenvalue weighted by atomic mass is 16.5. The summed E-state index contributed by atoms with van der Waals surface area (Å²) in [6, 6.07) is 15.2. The van der Waals surface area contributed by atoms with Crippen molar-refractivity contribution in [2.45, 2.75) is 12.8 Å². The Kier molecular flexibility index (Phi) is 5.69. The Morgan fingerprint density at radius 1 is 1.12 bits per heavy atom. The number of methoxy groups -OCH3 is 1. The van der Waals surface area contributed by atoms with Crippen LogP contribution in [0.2, 0.25) is 0 Å². The highest BCUT2D eigenvalue weighted by Crippen LogP contribution is 2.26. The monoisotopic (exact) mass is 351 g/mol. The normalized spacial score (nSPS) is 13.3. The lowest BCUT2D eigenvalue weighted by Gasteiger charge is -2.29. The highest BCUT2D eigenvalue weighted by Gasteiger charge is 2.22. The van der Waals surface area contributed by atoms with Crippen LogP contribution >= 0.6 is 0 Å². The number of fused-ring (bicyclic) bond motifs is 1. The number of hydrogen-bond acceptors (Lipinski definition) is 4. The minimum absolute atomic E-state index is 0.212. The lowest BCUT2D eigenvalue weighted by molar-refractivity contribution is -0.142. The molecule has 0 aromatic heterocycles. The summed E-state index contributed by atoms with van der Waals surface area (Å²) in [6.45, 7) is 0.369. The molecule has 0 radical (unpaired) electrons. The number of hydrogen-bond donors (Lipinski definition) is 0. The molecule has 0 N–H and O–H groups in total. The molecule has 0 spiro atoms. The standard InChI is InChI=1S/C21H21NO4/c1-25-19-11-5-3-8-17(19)12-13-21(24)26-15-20(23)22-14-6-9-16-7-2-4-10-18(16)22/h2-5,7-8,10-13H,6,9,14-15H2,1H3. The zero-order valence-corrected chi connectivity index (χ0v) is 14.7. The van der Waals surface area contributed by atoms with Gasteiger partial charge in [-0.3, -0.25) is 4.79 Å². The smallest absolute Gasteiger partial charge is 0.331 e. The van der Waals surface area contributed by atoms with E-state index in [-0.39, 0.29) is 12.5 Å². The van der Waals surface area contributed by atoms with Crippen LogP contribution in [0.3, 0.4) is 0 Å². The van der Waals surface area contributed by atoms with E-state index < -0.39 is 5.97 Å². The second kappa shape index (κ2) is 8.34. The lowest BCUT2D eigenvalue weighted by atomic mass is 10.0. The molecule has 0 unspecified atom stereocenters. The maximum absolute atomic E-state index is 12.4. The predicted molar refractivity (Wildman–Crippen MR) is 100 cm³/mol. The number of carbonyl (C=O) groups excluding carboxylic acids is 2. The van der Waals surface area contributed by atoms with Crippen LogP contribution in [0, 0.1) is 0 Å². The summed E-state index contributed by atoms with van der Waals surface area (Å²) < 4.78 is 10.3. The molecule has 0 saturated carbocycles. The van der Waals surface area contributed by atoms with Crippen LogP contribution in [-0.4, -0.2) is 32.1 Å². The number of benzene rings is 2. The van der Waals surface area contributed by atoms with Crippen LogP contribution < -0.4 is 9.64 Å². The summed E-state index contributed by atoms with van der Waals surface area (Å²) in [6.07, 6.45) is 4.78. The first kappa shape index (κ1) is 17.7. The third kappa shape index (κ3) is 4.11. The van der Waals surface area contributed by atoms with Gasteiger partial charge in [-0.25, -0.2) is 4.79 Å². The summed E-state index contributed by atoms with van der Waals surface area (Å²) in [7, 11) is 1.57. The molecular weight excluding hydrogens is 330 g/mol. The Balaban J connectivity index is 1.58. The zero-order chi connectivity index (χ0) is 18.4. The summed E-state index contributed by atoms with van der Waals surface area (Å²) in [5, 5.41) is 0. The Bertz CT molecular complexity index is 828. The molecule has 2 aromatic rings. The largest absolute Gasteiger partial charge is 0.496 e. The molecule has 0 atom stereocenters. The van der Waals surface area contributed by atoms with Gasteiger partial charge in [0.05, 0.1) is 7.11 Å². The molecule has 1 aliphatic heterocycles. The van der Waals surface area contributed by atoms with E-state index in [0.717, 1.165) is 29.7 Å². The van der Waals surface area contributed by atoms with Gasteiger partial charge in [0.25, 0.3) is 5.91 Å². The van der Waals surface area contributed by atoms with Gasteiger partial charge in [0.1, 0.15) is 5.75 Å². The number of aryl methyl sites for hydroxylation is 1. The minimum Gasteiger partial charge on any atom is -0.496 e. The third-order valence-electron chi connectivity index (χ3n) is 4.29. The average molecular weight is 351 g/mol. The number of para-hydroxylation sites is 2. The van der Waals surface area contributed by atoms with E-state index >= 15 is 0 Å². The van der Waals surface area contributed by atoms with Crippen molar-refractivity contribution in [3.63, 3.8) is 0 Å². The van der Waals surface area contributed by atoms with E-state index in [2.05, 4.69) is 0 Å². The lowest BCUT2D eigenvalue weighted by Crippen LogP contribution is -2.38. The van der Waals surface area contributed by atoms with Crippen molar-refractivity contribution in [3.05, 3.63) is 65.7 Å². The van der Waals surface area contributed by atoms with Crippen molar-refractivity contribution < 1.29 is 19.1 Å². The van der Waals surface area contributed by atoms with Gasteiger partial charge >= 0.3 is 5.97 Å². The summed E-state index contributed by atoms with van der Waals surface area (Å²) in [4.78, 5) is 26.1. The van der Waals surface area contributed by atoms with Crippen molar-refractivity contribution in [2.24, 2.45) is 0 Å². The molecule has 2 aromatic carbocycles. The third-order valence-corrected chi connectivity index (χ3v) is 4.29. The van der Waals surface area contributed by atoms with E-state index in [1.165, 1.54) is 6.08 Å². The number of nitrogens with zero attached hydrogens (tertiary/aromatic N) is 1. The maximum atomic E-state index is 12.4. The van der Waals surface area contributed by atoms with Gasteiger partial charge in [-0.05, 0) is 36.6 Å². The van der Waals surface area contributed by atoms with E-state index in [4.69, 9.17) is 9.47 Å². The van der Waals surface area contributed by atoms with Crippen molar-refractivity contribution in [1.29, 1.82) is 0 Å². The molecule has 134 valence electrons. The Morgan fingerprint density at radius 3 is 2.73 bits per heavy atom. The number of ether oxygens (including phenoxy) is 2. The number of rotatable bonds is 5. The van der Waals surface area contributed by atoms with Crippen LogP contribution in [0.1, 0.15) is 17.5 Å². The first-order chi connectivity index (χ1) is 12.7. The van der Waals surface area contributed by atoms with Gasteiger partial charge in [-0.1, -0.05) is 36.4 Å². The summed E-state index contributed by atoms with van der Waals surface area (Å²) in [5.74, 6) is -0.108. The van der Waals surface area contributed by atoms with Gasteiger partial charge in [-0.15, -0.1) is 0 Å². The first-order valence-electron chi connectivity index (χ1n) is 8.55. The molecule has 0 bridgehead atoms. The quantitative estimate of drug-likeness (QED) is 0.613. The van der Waals surface area contributed by atoms with Gasteiger partial charge in [-0.2, -0.15) is 0 Å². The molecule has 5 nitrogen and oxygen atoms in total. The van der Waals surface area contributed by atoms with E-state index in [0.29, 0.717) is 12.3 Å². The maximum Gasteiger partial charge on any atom is 0.331 e. The molecular formula is C21H21NO4. The molecule has 5 heteroatoms. The summed E-state index contributed by atoms with van der Waals surface area (Å²) >= 11 is 0. The SMILES string of the molecule is COc1ccccc1C=CC(=O)OCC(=O)N1CCCc2ccccc21. The van der Waals surface area contributed by atoms with Crippen LogP contribution in [-0.2, 0) is 20.7 Å². The molecule has 0 fully saturated rings. The molecule has 3 rings (SSSR count). The fraction of sp³-hybridized carbons (Fsp3) is 0.238. The minimum atomic E-state index is -0.561. The van der Waals surface area contributed by atoms with E-state index in [1.807, 2.05) is 48.5 Å². The Labute approximate surface area is 152 Å². The van der Waals surface area contributed by atoms with Crippen LogP contribution in [0.25, 0.3) is 6.08 Å². The van der Waals surface area contributed by atoms with Gasteiger partial charge in [0, 0.05) is 23.9 Å². The van der Waals surface area contributed by atoms with Gasteiger partial charge in [0.2, 0.25) is 0 Å². The van der Waals surface area contributed by atoms with Crippen molar-refractivity contribution in [1.82, 2.24) is 0 Å². The topological polar surface area (TPSA) is 55.8 Å². The molecule has 26 heavy (non-hydrogen) atoms. The fourth-order valence-corrected chi connectivity index (χ4v) is 3.01. The molecule has 1 aliphatic rings. The molecule has 1 heterocycles. The Morgan fingerprint density at radius 2 is 1.88 bits per heavy atom. The van der Waals surface area contributed by atoms with Crippen molar-refractivity contribution in [2.75, 3.05) is 25.2 Å². The van der Waals surface area contributed by atoms with Gasteiger partial charge in [0.15, 0.2) is 6.61 Å². The number of esters is 1. The number of amides is 1. The zero-order valence-electron chi connectivity index (χ0n) is 14.7. The number of anilines is 1. The van der Waals surface area contributed by atoms with Crippen LogP contribution in [0.4, 0.5) is 5.69 Å². The molecule has 1 amide bonds. The second-order valence-corrected chi connectivity index (χ2v) is 5.96. The fourth-order valence-electron chi connectivity index (χ4n) is 3.01. The second-order valence-electron chi connectivity index (χ2n) is 5.96. The predicted octanol–water partition coefficient (Wildman–Crippen LogP) is 3.23. The van der Waals surface area contributed by atoms with Crippen LogP contribution in [0.5, 0.6) is 5.75 Å². The molecule has 0 saturated heterocycles. The first-order valence-corrected chi connectivity index (χ1v) is 8.55. The van der Waals surface area contributed by atoms with Crippen molar-refractivity contribution >= 4 is 23.6 Å². The van der Waals surface area contributed by atoms with E-state index in [9.17, 15) is 9.59 Å². The van der Waals surface area contributed by atoms with Crippen LogP contribution in [0.15, 0.2) is 54.6 Å². The van der Waals surface area contributed by atoms with E-state index in [1.54, 1.807) is 18.1 Å². The van der Waals surface area contributed by atoms with Crippen molar-refractivity contribution in [3.8, 4) is 5.75 Å². The number of carbonyl (C=O) groups is 2. The highest BCUT2D eigenvalue weighted by molar-refractivity contribution is 5.97. The van der Waals surface area contributed by atoms with Gasteiger partial charge < -0.3 is 14.4 Å². The Hall–Kier alpha value is -3.08. The summed E-state index contributed by atoms with van der Waals surface area (Å²) in [5.41, 5.74) is 2.82. The average Bonchev–Trinajstić information content (AvgIpc) is 2.70.